The van der Waals surface area contributed by atoms with Gasteiger partial charge in [0.05, 0.1) is 23.1 Å². The molecule has 27 heavy (non-hydrogen) atoms. The highest BCUT2D eigenvalue weighted by Crippen LogP contribution is 2.17. The van der Waals surface area contributed by atoms with Crippen molar-refractivity contribution in [2.24, 2.45) is 0 Å². The first-order valence-electron chi connectivity index (χ1n) is 8.51. The van der Waals surface area contributed by atoms with Crippen molar-refractivity contribution in [1.29, 1.82) is 0 Å². The molecule has 1 aliphatic rings. The Hall–Kier alpha value is -3.85. The number of carbonyl (C=O) groups excluding carboxylic acids is 2. The molecule has 0 fully saturated rings. The molecule has 6 heteroatoms. The number of aromatic amines is 1. The predicted octanol–water partition coefficient (Wildman–Crippen LogP) is 2.10. The molecule has 2 amide bonds. The van der Waals surface area contributed by atoms with Crippen molar-refractivity contribution in [3.05, 3.63) is 83.2 Å². The maximum Gasteiger partial charge on any atom is 0.255 e. The average Bonchev–Trinajstić information content (AvgIpc) is 3.17. The normalized spacial score (nSPS) is 15.1. The Morgan fingerprint density at radius 3 is 2.70 bits per heavy atom. The standard InChI is InChI=1S/C21H16N4O2/c26-20-16-13-22-25-18(16)12-19(24-20)21(27)23-17-9-5-4-8-15(17)11-10-14-6-2-1-3-7-14/h1-9,13,19H,12H2,(H,22,25)(H,23,27)(H,24,26)/t19-/m0/s1. The molecule has 3 N–H and O–H groups in total. The molecule has 0 radical (unpaired) electrons. The molecule has 4 rings (SSSR count). The van der Waals surface area contributed by atoms with E-state index in [9.17, 15) is 9.59 Å². The van der Waals surface area contributed by atoms with Crippen LogP contribution in [0.3, 0.4) is 0 Å². The molecule has 2 heterocycles. The van der Waals surface area contributed by atoms with Gasteiger partial charge in [0.25, 0.3) is 5.91 Å². The first-order valence-corrected chi connectivity index (χ1v) is 8.51. The van der Waals surface area contributed by atoms with Gasteiger partial charge in [-0.3, -0.25) is 14.7 Å². The number of aromatic nitrogens is 2. The largest absolute Gasteiger partial charge is 0.340 e. The van der Waals surface area contributed by atoms with Crippen LogP contribution in [0.1, 0.15) is 27.2 Å². The van der Waals surface area contributed by atoms with Gasteiger partial charge in [-0.2, -0.15) is 5.10 Å². The number of nitrogens with zero attached hydrogens (tertiary/aromatic N) is 1. The zero-order chi connectivity index (χ0) is 18.6. The summed E-state index contributed by atoms with van der Waals surface area (Å²) in [5.41, 5.74) is 3.35. The van der Waals surface area contributed by atoms with Gasteiger partial charge in [0, 0.05) is 17.5 Å². The summed E-state index contributed by atoms with van der Waals surface area (Å²) in [5, 5.41) is 12.2. The van der Waals surface area contributed by atoms with Crippen LogP contribution in [0.4, 0.5) is 5.69 Å². The lowest BCUT2D eigenvalue weighted by Gasteiger charge is -2.22. The van der Waals surface area contributed by atoms with E-state index in [4.69, 9.17) is 0 Å². The molecule has 0 bridgehead atoms. The Kier molecular flexibility index (Phi) is 4.42. The Morgan fingerprint density at radius 2 is 1.85 bits per heavy atom. The van der Waals surface area contributed by atoms with E-state index in [2.05, 4.69) is 32.7 Å². The number of hydrogen-bond acceptors (Lipinski definition) is 3. The summed E-state index contributed by atoms with van der Waals surface area (Å²) in [6, 6.07) is 16.3. The average molecular weight is 356 g/mol. The van der Waals surface area contributed by atoms with Crippen LogP contribution < -0.4 is 10.6 Å². The van der Waals surface area contributed by atoms with Crippen molar-refractivity contribution in [2.75, 3.05) is 5.32 Å². The van der Waals surface area contributed by atoms with E-state index < -0.39 is 6.04 Å². The second-order valence-electron chi connectivity index (χ2n) is 6.14. The second kappa shape index (κ2) is 7.18. The lowest BCUT2D eigenvalue weighted by atomic mass is 10.0. The van der Waals surface area contributed by atoms with Crippen LogP contribution in [0, 0.1) is 11.8 Å². The molecule has 0 unspecified atom stereocenters. The quantitative estimate of drug-likeness (QED) is 0.615. The molecule has 0 aliphatic carbocycles. The zero-order valence-electron chi connectivity index (χ0n) is 14.3. The van der Waals surface area contributed by atoms with E-state index >= 15 is 0 Å². The Balaban J connectivity index is 1.53. The van der Waals surface area contributed by atoms with Gasteiger partial charge in [0.1, 0.15) is 6.04 Å². The van der Waals surface area contributed by atoms with E-state index in [1.165, 1.54) is 6.20 Å². The number of H-pyrrole nitrogens is 1. The van der Waals surface area contributed by atoms with Crippen molar-refractivity contribution in [1.82, 2.24) is 15.5 Å². The van der Waals surface area contributed by atoms with E-state index in [0.29, 0.717) is 28.9 Å². The molecule has 0 spiro atoms. The highest BCUT2D eigenvalue weighted by molar-refractivity contribution is 6.03. The molecule has 0 saturated heterocycles. The molecule has 1 aromatic heterocycles. The highest BCUT2D eigenvalue weighted by atomic mass is 16.2. The Bertz CT molecular complexity index is 1060. The summed E-state index contributed by atoms with van der Waals surface area (Å²) in [4.78, 5) is 24.7. The van der Waals surface area contributed by atoms with Crippen LogP contribution >= 0.6 is 0 Å². The van der Waals surface area contributed by atoms with Gasteiger partial charge in [-0.25, -0.2) is 0 Å². The Labute approximate surface area is 156 Å². The first kappa shape index (κ1) is 16.6. The number of fused-ring (bicyclic) bond motifs is 1. The lowest BCUT2D eigenvalue weighted by molar-refractivity contribution is -0.118. The van der Waals surface area contributed by atoms with Crippen LogP contribution in [0.25, 0.3) is 0 Å². The van der Waals surface area contributed by atoms with Crippen LogP contribution in [-0.2, 0) is 11.2 Å². The monoisotopic (exact) mass is 356 g/mol. The van der Waals surface area contributed by atoms with E-state index in [0.717, 1.165) is 5.56 Å². The van der Waals surface area contributed by atoms with Crippen molar-refractivity contribution < 1.29 is 9.59 Å². The molecule has 3 aromatic rings. The third-order valence-corrected chi connectivity index (χ3v) is 4.29. The third kappa shape index (κ3) is 3.58. The second-order valence-corrected chi connectivity index (χ2v) is 6.14. The topological polar surface area (TPSA) is 86.9 Å². The molecule has 6 nitrogen and oxygen atoms in total. The van der Waals surface area contributed by atoms with Crippen molar-refractivity contribution in [3.8, 4) is 11.8 Å². The summed E-state index contributed by atoms with van der Waals surface area (Å²) >= 11 is 0. The Morgan fingerprint density at radius 1 is 1.07 bits per heavy atom. The van der Waals surface area contributed by atoms with Crippen LogP contribution in [0.5, 0.6) is 0 Å². The van der Waals surface area contributed by atoms with Gasteiger partial charge in [0.2, 0.25) is 5.91 Å². The van der Waals surface area contributed by atoms with E-state index in [1.54, 1.807) is 6.07 Å². The van der Waals surface area contributed by atoms with Gasteiger partial charge >= 0.3 is 0 Å². The predicted molar refractivity (Wildman–Crippen MR) is 101 cm³/mol. The number of rotatable bonds is 2. The highest BCUT2D eigenvalue weighted by Gasteiger charge is 2.30. The maximum atomic E-state index is 12.7. The number of nitrogens with one attached hydrogen (secondary N) is 3. The fraction of sp³-hybridized carbons (Fsp3) is 0.0952. The fourth-order valence-corrected chi connectivity index (χ4v) is 2.90. The number of benzene rings is 2. The fourth-order valence-electron chi connectivity index (χ4n) is 2.90. The van der Waals surface area contributed by atoms with Gasteiger partial charge in [0.15, 0.2) is 0 Å². The minimum absolute atomic E-state index is 0.294. The van der Waals surface area contributed by atoms with Crippen molar-refractivity contribution in [2.45, 2.75) is 12.5 Å². The van der Waals surface area contributed by atoms with Crippen LogP contribution in [0.2, 0.25) is 0 Å². The number of carbonyl (C=O) groups is 2. The molecule has 1 atom stereocenters. The van der Waals surface area contributed by atoms with Crippen LogP contribution in [0.15, 0.2) is 60.8 Å². The summed E-state index contributed by atoms with van der Waals surface area (Å²) in [7, 11) is 0. The van der Waals surface area contributed by atoms with Gasteiger partial charge in [-0.1, -0.05) is 42.2 Å². The minimum atomic E-state index is -0.666. The van der Waals surface area contributed by atoms with Gasteiger partial charge in [-0.15, -0.1) is 0 Å². The molecule has 0 saturated carbocycles. The molecular formula is C21H16N4O2. The summed E-state index contributed by atoms with van der Waals surface area (Å²) < 4.78 is 0. The minimum Gasteiger partial charge on any atom is -0.340 e. The summed E-state index contributed by atoms with van der Waals surface area (Å²) in [6.45, 7) is 0. The van der Waals surface area contributed by atoms with E-state index in [1.807, 2.05) is 48.5 Å². The smallest absolute Gasteiger partial charge is 0.255 e. The zero-order valence-corrected chi connectivity index (χ0v) is 14.3. The summed E-state index contributed by atoms with van der Waals surface area (Å²) in [6.07, 6.45) is 1.83. The molecule has 1 aliphatic heterocycles. The molecular weight excluding hydrogens is 340 g/mol. The maximum absolute atomic E-state index is 12.7. The van der Waals surface area contributed by atoms with Gasteiger partial charge < -0.3 is 10.6 Å². The third-order valence-electron chi connectivity index (χ3n) is 4.29. The summed E-state index contributed by atoms with van der Waals surface area (Å²) in [5.74, 6) is 5.58. The SMILES string of the molecule is O=C1N[C@H](C(=O)Nc2ccccc2C#Cc2ccccc2)Cc2[nH]ncc21. The van der Waals surface area contributed by atoms with Crippen molar-refractivity contribution >= 4 is 17.5 Å². The number of amides is 2. The van der Waals surface area contributed by atoms with Crippen LogP contribution in [-0.4, -0.2) is 28.1 Å². The number of anilines is 1. The molecule has 2 aromatic carbocycles. The lowest BCUT2D eigenvalue weighted by Crippen LogP contribution is -2.48. The number of para-hydroxylation sites is 1. The first-order chi connectivity index (χ1) is 13.2. The van der Waals surface area contributed by atoms with Crippen molar-refractivity contribution in [3.63, 3.8) is 0 Å². The number of hydrogen-bond donors (Lipinski definition) is 3. The molecule has 132 valence electrons. The van der Waals surface area contributed by atoms with E-state index in [-0.39, 0.29) is 11.8 Å². The van der Waals surface area contributed by atoms with Gasteiger partial charge in [-0.05, 0) is 24.3 Å².